The Labute approximate surface area is 85.3 Å². The smallest absolute Gasteiger partial charge is 0.220 e. The Morgan fingerprint density at radius 2 is 1.86 bits per heavy atom. The van der Waals surface area contributed by atoms with Crippen LogP contribution in [0.25, 0.3) is 0 Å². The Hall–Kier alpha value is -1.31. The van der Waals surface area contributed by atoms with E-state index in [1.165, 1.54) is 5.56 Å². The van der Waals surface area contributed by atoms with Gasteiger partial charge in [0.15, 0.2) is 0 Å². The minimum absolute atomic E-state index is 0.170. The summed E-state index contributed by atoms with van der Waals surface area (Å²) in [5.41, 5.74) is 1.26. The van der Waals surface area contributed by atoms with Crippen molar-refractivity contribution < 1.29 is 4.79 Å². The van der Waals surface area contributed by atoms with E-state index in [0.717, 1.165) is 6.54 Å². The average Bonchev–Trinajstić information content (AvgIpc) is 2.69. The van der Waals surface area contributed by atoms with Crippen molar-refractivity contribution >= 4 is 5.91 Å². The molecule has 1 saturated heterocycles. The zero-order valence-corrected chi connectivity index (χ0v) is 8.79. The number of nitrogens with one attached hydrogen (secondary N) is 1. The Bertz CT molecular complexity index is 282. The molecule has 0 saturated carbocycles. The molecule has 2 rings (SSSR count). The van der Waals surface area contributed by atoms with Gasteiger partial charge in [-0.1, -0.05) is 44.2 Å². The van der Waals surface area contributed by atoms with E-state index in [1.807, 2.05) is 32.0 Å². The van der Waals surface area contributed by atoms with Crippen LogP contribution in [0.4, 0.5) is 0 Å². The monoisotopic (exact) mass is 191 g/mol. The molecule has 1 fully saturated rings. The summed E-state index contributed by atoms with van der Waals surface area (Å²) in [4.78, 5) is 10.9. The van der Waals surface area contributed by atoms with Gasteiger partial charge in [-0.25, -0.2) is 0 Å². The maximum Gasteiger partial charge on any atom is 0.220 e. The molecule has 0 aliphatic carbocycles. The fourth-order valence-electron chi connectivity index (χ4n) is 1.57. The molecule has 1 amide bonds. The van der Waals surface area contributed by atoms with Gasteiger partial charge in [-0.2, -0.15) is 0 Å². The summed E-state index contributed by atoms with van der Waals surface area (Å²) in [5, 5.41) is 2.83. The summed E-state index contributed by atoms with van der Waals surface area (Å²) in [6.07, 6.45) is 0.643. The molecule has 1 N–H and O–H groups in total. The van der Waals surface area contributed by atoms with Crippen LogP contribution in [-0.4, -0.2) is 12.5 Å². The third-order valence-electron chi connectivity index (χ3n) is 2.25. The van der Waals surface area contributed by atoms with Crippen LogP contribution in [-0.2, 0) is 4.79 Å². The van der Waals surface area contributed by atoms with Gasteiger partial charge in [-0.15, -0.1) is 0 Å². The molecular formula is C12H17NO. The molecular weight excluding hydrogens is 174 g/mol. The molecule has 0 spiro atoms. The summed E-state index contributed by atoms with van der Waals surface area (Å²) in [6.45, 7) is 4.79. The van der Waals surface area contributed by atoms with Gasteiger partial charge in [0, 0.05) is 18.9 Å². The molecule has 1 aliphatic heterocycles. The van der Waals surface area contributed by atoms with E-state index < -0.39 is 0 Å². The van der Waals surface area contributed by atoms with Gasteiger partial charge in [0.1, 0.15) is 0 Å². The van der Waals surface area contributed by atoms with Gasteiger partial charge >= 0.3 is 0 Å². The lowest BCUT2D eigenvalue weighted by atomic mass is 9.99. The fraction of sp³-hybridized carbons (Fsp3) is 0.417. The molecule has 1 unspecified atom stereocenters. The predicted molar refractivity (Wildman–Crippen MR) is 58.2 cm³/mol. The third-order valence-corrected chi connectivity index (χ3v) is 2.25. The third kappa shape index (κ3) is 2.59. The van der Waals surface area contributed by atoms with Crippen molar-refractivity contribution in [2.75, 3.05) is 6.54 Å². The molecule has 0 radical (unpaired) electrons. The molecule has 1 atom stereocenters. The maximum absolute atomic E-state index is 10.9. The summed E-state index contributed by atoms with van der Waals surface area (Å²) in [6, 6.07) is 10.2. The zero-order chi connectivity index (χ0) is 10.4. The zero-order valence-electron chi connectivity index (χ0n) is 8.79. The van der Waals surface area contributed by atoms with Crippen molar-refractivity contribution in [1.82, 2.24) is 5.32 Å². The maximum atomic E-state index is 10.9. The first-order valence-corrected chi connectivity index (χ1v) is 5.18. The molecule has 2 nitrogen and oxygen atoms in total. The highest BCUT2D eigenvalue weighted by atomic mass is 16.1. The summed E-state index contributed by atoms with van der Waals surface area (Å²) in [5.74, 6) is 0.558. The van der Waals surface area contributed by atoms with E-state index in [0.29, 0.717) is 12.3 Å². The van der Waals surface area contributed by atoms with Crippen LogP contribution in [0.2, 0.25) is 0 Å². The van der Waals surface area contributed by atoms with Gasteiger partial charge in [0.2, 0.25) is 5.91 Å². The first kappa shape index (κ1) is 10.8. The second kappa shape index (κ2) is 5.43. The largest absolute Gasteiger partial charge is 0.355 e. The van der Waals surface area contributed by atoms with Crippen LogP contribution in [0, 0.1) is 0 Å². The summed E-state index contributed by atoms with van der Waals surface area (Å²) < 4.78 is 0. The van der Waals surface area contributed by atoms with Crippen LogP contribution in [0.3, 0.4) is 0 Å². The molecule has 1 aromatic carbocycles. The van der Waals surface area contributed by atoms with Gasteiger partial charge in [-0.05, 0) is 5.56 Å². The highest BCUT2D eigenvalue weighted by Gasteiger charge is 2.22. The number of hydrogen-bond donors (Lipinski definition) is 1. The molecule has 14 heavy (non-hydrogen) atoms. The Kier molecular flexibility index (Phi) is 4.17. The van der Waals surface area contributed by atoms with Crippen molar-refractivity contribution in [3.63, 3.8) is 0 Å². The van der Waals surface area contributed by atoms with Gasteiger partial charge < -0.3 is 5.32 Å². The molecule has 1 heterocycles. The second-order valence-corrected chi connectivity index (χ2v) is 3.12. The standard InChI is InChI=1S/C10H11NO.C2H6/c12-10-6-9(7-11-10)8-4-2-1-3-5-8;1-2/h1-5,9H,6-7H2,(H,11,12);1-2H3. The highest BCUT2D eigenvalue weighted by Crippen LogP contribution is 2.21. The van der Waals surface area contributed by atoms with Crippen LogP contribution in [0.1, 0.15) is 31.7 Å². The average molecular weight is 191 g/mol. The lowest BCUT2D eigenvalue weighted by Gasteiger charge is -2.05. The van der Waals surface area contributed by atoms with E-state index in [-0.39, 0.29) is 5.91 Å². The number of rotatable bonds is 1. The van der Waals surface area contributed by atoms with E-state index in [1.54, 1.807) is 0 Å². The van der Waals surface area contributed by atoms with E-state index >= 15 is 0 Å². The van der Waals surface area contributed by atoms with E-state index in [2.05, 4.69) is 17.4 Å². The van der Waals surface area contributed by atoms with Crippen molar-refractivity contribution in [3.05, 3.63) is 35.9 Å². The predicted octanol–water partition coefficient (Wildman–Crippen LogP) is 2.32. The molecule has 1 aromatic rings. The van der Waals surface area contributed by atoms with Gasteiger partial charge in [0.05, 0.1) is 0 Å². The van der Waals surface area contributed by atoms with Gasteiger partial charge in [0.25, 0.3) is 0 Å². The SMILES string of the molecule is CC.O=C1CC(c2ccccc2)CN1. The van der Waals surface area contributed by atoms with Crippen molar-refractivity contribution in [2.45, 2.75) is 26.2 Å². The molecule has 76 valence electrons. The minimum atomic E-state index is 0.170. The molecule has 0 bridgehead atoms. The first-order valence-electron chi connectivity index (χ1n) is 5.18. The minimum Gasteiger partial charge on any atom is -0.355 e. The topological polar surface area (TPSA) is 29.1 Å². The Morgan fingerprint density at radius 3 is 2.36 bits per heavy atom. The number of hydrogen-bond acceptors (Lipinski definition) is 1. The van der Waals surface area contributed by atoms with Crippen LogP contribution in [0.15, 0.2) is 30.3 Å². The van der Waals surface area contributed by atoms with Gasteiger partial charge in [-0.3, -0.25) is 4.79 Å². The van der Waals surface area contributed by atoms with Crippen molar-refractivity contribution in [1.29, 1.82) is 0 Å². The first-order chi connectivity index (χ1) is 6.86. The number of carbonyl (C=O) groups excluding carboxylic acids is 1. The Morgan fingerprint density at radius 1 is 1.21 bits per heavy atom. The summed E-state index contributed by atoms with van der Waals surface area (Å²) >= 11 is 0. The quantitative estimate of drug-likeness (QED) is 0.725. The normalized spacial score (nSPS) is 19.6. The number of benzene rings is 1. The molecule has 2 heteroatoms. The Balaban J connectivity index is 0.000000461. The van der Waals surface area contributed by atoms with E-state index in [4.69, 9.17) is 0 Å². The molecule has 0 aromatic heterocycles. The fourth-order valence-corrected chi connectivity index (χ4v) is 1.57. The summed E-state index contributed by atoms with van der Waals surface area (Å²) in [7, 11) is 0. The number of amides is 1. The highest BCUT2D eigenvalue weighted by molar-refractivity contribution is 5.79. The lowest BCUT2D eigenvalue weighted by Crippen LogP contribution is -2.13. The second-order valence-electron chi connectivity index (χ2n) is 3.12. The number of carbonyl (C=O) groups is 1. The van der Waals surface area contributed by atoms with Crippen molar-refractivity contribution in [3.8, 4) is 0 Å². The van der Waals surface area contributed by atoms with Crippen LogP contribution < -0.4 is 5.32 Å². The van der Waals surface area contributed by atoms with Crippen molar-refractivity contribution in [2.24, 2.45) is 0 Å². The van der Waals surface area contributed by atoms with E-state index in [9.17, 15) is 4.79 Å². The molecule has 1 aliphatic rings. The lowest BCUT2D eigenvalue weighted by molar-refractivity contribution is -0.119. The van der Waals surface area contributed by atoms with Crippen LogP contribution in [0.5, 0.6) is 0 Å². The van der Waals surface area contributed by atoms with Crippen LogP contribution >= 0.6 is 0 Å².